The number of amides is 1. The van der Waals surface area contributed by atoms with Crippen LogP contribution in [0.2, 0.25) is 0 Å². The van der Waals surface area contributed by atoms with E-state index in [1.54, 1.807) is 13.0 Å². The molecule has 0 aliphatic carbocycles. The summed E-state index contributed by atoms with van der Waals surface area (Å²) in [4.78, 5) is 11.3. The van der Waals surface area contributed by atoms with Crippen LogP contribution in [0.15, 0.2) is 18.2 Å². The van der Waals surface area contributed by atoms with Gasteiger partial charge in [-0.2, -0.15) is 0 Å². The van der Waals surface area contributed by atoms with Crippen molar-refractivity contribution in [2.75, 3.05) is 13.1 Å². The largest absolute Gasteiger partial charge is 0.355 e. The highest BCUT2D eigenvalue weighted by molar-refractivity contribution is 5.77. The molecule has 0 saturated carbocycles. The van der Waals surface area contributed by atoms with Gasteiger partial charge >= 0.3 is 0 Å². The smallest absolute Gasteiger partial charge is 0.233 e. The minimum atomic E-state index is -0.209. The van der Waals surface area contributed by atoms with E-state index in [4.69, 9.17) is 0 Å². The number of aryl methyl sites for hydroxylation is 1. The lowest BCUT2D eigenvalue weighted by Gasteiger charge is -2.06. The SMILES string of the molecule is CCCNC(=O)CNCc1ccc(C)c(F)c1. The van der Waals surface area contributed by atoms with Crippen LogP contribution in [0.1, 0.15) is 24.5 Å². The second-order valence-electron chi connectivity index (χ2n) is 4.04. The van der Waals surface area contributed by atoms with Gasteiger partial charge in [-0.1, -0.05) is 19.1 Å². The fourth-order valence-electron chi connectivity index (χ4n) is 1.39. The maximum atomic E-state index is 13.2. The zero-order valence-electron chi connectivity index (χ0n) is 10.3. The molecule has 1 amide bonds. The Morgan fingerprint density at radius 1 is 1.41 bits per heavy atom. The van der Waals surface area contributed by atoms with Gasteiger partial charge in [0.2, 0.25) is 5.91 Å². The Kier molecular flexibility index (Phi) is 5.63. The number of carbonyl (C=O) groups excluding carboxylic acids is 1. The average molecular weight is 238 g/mol. The van der Waals surface area contributed by atoms with Gasteiger partial charge in [-0.05, 0) is 30.5 Å². The summed E-state index contributed by atoms with van der Waals surface area (Å²) in [6, 6.07) is 5.09. The van der Waals surface area contributed by atoms with Crippen molar-refractivity contribution in [1.29, 1.82) is 0 Å². The summed E-state index contributed by atoms with van der Waals surface area (Å²) in [5.41, 5.74) is 1.48. The molecule has 0 heterocycles. The van der Waals surface area contributed by atoms with Crippen LogP contribution in [0.25, 0.3) is 0 Å². The van der Waals surface area contributed by atoms with Gasteiger partial charge < -0.3 is 10.6 Å². The van der Waals surface area contributed by atoms with Gasteiger partial charge in [0.25, 0.3) is 0 Å². The van der Waals surface area contributed by atoms with Crippen LogP contribution in [0, 0.1) is 12.7 Å². The summed E-state index contributed by atoms with van der Waals surface area (Å²) >= 11 is 0. The fraction of sp³-hybridized carbons (Fsp3) is 0.462. The molecule has 17 heavy (non-hydrogen) atoms. The maximum absolute atomic E-state index is 13.2. The number of hydrogen-bond acceptors (Lipinski definition) is 2. The summed E-state index contributed by atoms with van der Waals surface area (Å²) < 4.78 is 13.2. The quantitative estimate of drug-likeness (QED) is 0.792. The van der Waals surface area contributed by atoms with E-state index >= 15 is 0 Å². The lowest BCUT2D eigenvalue weighted by molar-refractivity contribution is -0.120. The molecule has 0 aliphatic rings. The highest BCUT2D eigenvalue weighted by Crippen LogP contribution is 2.08. The second-order valence-corrected chi connectivity index (χ2v) is 4.04. The van der Waals surface area contributed by atoms with Crippen LogP contribution >= 0.6 is 0 Å². The Bertz CT molecular complexity index is 380. The van der Waals surface area contributed by atoms with Gasteiger partial charge in [0, 0.05) is 13.1 Å². The van der Waals surface area contributed by atoms with Crippen LogP contribution < -0.4 is 10.6 Å². The first-order valence-electron chi connectivity index (χ1n) is 5.86. The van der Waals surface area contributed by atoms with Crippen LogP contribution in [0.5, 0.6) is 0 Å². The van der Waals surface area contributed by atoms with Crippen LogP contribution in [-0.4, -0.2) is 19.0 Å². The average Bonchev–Trinajstić information content (AvgIpc) is 2.31. The molecule has 0 saturated heterocycles. The summed E-state index contributed by atoms with van der Waals surface area (Å²) in [5, 5.41) is 5.74. The van der Waals surface area contributed by atoms with E-state index in [-0.39, 0.29) is 18.3 Å². The van der Waals surface area contributed by atoms with E-state index in [2.05, 4.69) is 10.6 Å². The minimum Gasteiger partial charge on any atom is -0.355 e. The third-order valence-electron chi connectivity index (χ3n) is 2.42. The van der Waals surface area contributed by atoms with Gasteiger partial charge in [0.15, 0.2) is 0 Å². The summed E-state index contributed by atoms with van der Waals surface area (Å²) in [6.07, 6.45) is 0.926. The van der Waals surface area contributed by atoms with E-state index in [0.717, 1.165) is 12.0 Å². The van der Waals surface area contributed by atoms with Crippen molar-refractivity contribution in [1.82, 2.24) is 10.6 Å². The first kappa shape index (κ1) is 13.6. The molecule has 0 unspecified atom stereocenters. The highest BCUT2D eigenvalue weighted by atomic mass is 19.1. The molecule has 0 radical (unpaired) electrons. The lowest BCUT2D eigenvalue weighted by atomic mass is 10.1. The second kappa shape index (κ2) is 7.01. The fourth-order valence-corrected chi connectivity index (χ4v) is 1.39. The predicted octanol–water partition coefficient (Wildman–Crippen LogP) is 1.75. The van der Waals surface area contributed by atoms with Crippen molar-refractivity contribution >= 4 is 5.91 Å². The molecule has 1 rings (SSSR count). The topological polar surface area (TPSA) is 41.1 Å². The Hall–Kier alpha value is -1.42. The predicted molar refractivity (Wildman–Crippen MR) is 66.1 cm³/mol. The Morgan fingerprint density at radius 3 is 2.82 bits per heavy atom. The Labute approximate surface area is 101 Å². The number of nitrogens with one attached hydrogen (secondary N) is 2. The normalized spacial score (nSPS) is 10.3. The molecule has 0 aliphatic heterocycles. The maximum Gasteiger partial charge on any atom is 0.233 e. The van der Waals surface area contributed by atoms with E-state index < -0.39 is 0 Å². The monoisotopic (exact) mass is 238 g/mol. The molecule has 0 atom stereocenters. The van der Waals surface area contributed by atoms with E-state index in [0.29, 0.717) is 18.7 Å². The molecule has 1 aromatic carbocycles. The van der Waals surface area contributed by atoms with Crippen molar-refractivity contribution in [3.8, 4) is 0 Å². The van der Waals surface area contributed by atoms with Gasteiger partial charge in [0.05, 0.1) is 6.54 Å². The molecular formula is C13H19FN2O. The molecule has 3 nitrogen and oxygen atoms in total. The van der Waals surface area contributed by atoms with Gasteiger partial charge in [0.1, 0.15) is 5.82 Å². The molecule has 1 aromatic rings. The number of halogens is 1. The first-order chi connectivity index (χ1) is 8.13. The number of carbonyl (C=O) groups is 1. The van der Waals surface area contributed by atoms with Crippen molar-refractivity contribution in [3.63, 3.8) is 0 Å². The van der Waals surface area contributed by atoms with Crippen LogP contribution in [-0.2, 0) is 11.3 Å². The van der Waals surface area contributed by atoms with E-state index in [1.165, 1.54) is 6.07 Å². The summed E-state index contributed by atoms with van der Waals surface area (Å²) in [5.74, 6) is -0.237. The van der Waals surface area contributed by atoms with Crippen LogP contribution in [0.4, 0.5) is 4.39 Å². The third-order valence-corrected chi connectivity index (χ3v) is 2.42. The molecule has 94 valence electrons. The standard InChI is InChI=1S/C13H19FN2O/c1-3-6-16-13(17)9-15-8-11-5-4-10(2)12(14)7-11/h4-5,7,15H,3,6,8-9H2,1-2H3,(H,16,17). The van der Waals surface area contributed by atoms with E-state index in [9.17, 15) is 9.18 Å². The Balaban J connectivity index is 2.30. The first-order valence-corrected chi connectivity index (χ1v) is 5.86. The lowest BCUT2D eigenvalue weighted by Crippen LogP contribution is -2.33. The summed E-state index contributed by atoms with van der Waals surface area (Å²) in [7, 11) is 0. The van der Waals surface area contributed by atoms with Gasteiger partial charge in [-0.25, -0.2) is 4.39 Å². The molecule has 2 N–H and O–H groups in total. The molecule has 0 bridgehead atoms. The number of rotatable bonds is 6. The number of hydrogen-bond donors (Lipinski definition) is 2. The molecule has 4 heteroatoms. The molecular weight excluding hydrogens is 219 g/mol. The van der Waals surface area contributed by atoms with Crippen molar-refractivity contribution in [2.24, 2.45) is 0 Å². The van der Waals surface area contributed by atoms with Gasteiger partial charge in [-0.3, -0.25) is 4.79 Å². The Morgan fingerprint density at radius 2 is 2.18 bits per heavy atom. The third kappa shape index (κ3) is 4.95. The van der Waals surface area contributed by atoms with Crippen molar-refractivity contribution < 1.29 is 9.18 Å². The van der Waals surface area contributed by atoms with Crippen LogP contribution in [0.3, 0.4) is 0 Å². The van der Waals surface area contributed by atoms with E-state index in [1.807, 2.05) is 13.0 Å². The van der Waals surface area contributed by atoms with Crippen molar-refractivity contribution in [3.05, 3.63) is 35.1 Å². The minimum absolute atomic E-state index is 0.0283. The molecule has 0 aromatic heterocycles. The van der Waals surface area contributed by atoms with Gasteiger partial charge in [-0.15, -0.1) is 0 Å². The summed E-state index contributed by atoms with van der Waals surface area (Å²) in [6.45, 7) is 5.18. The molecule has 0 spiro atoms. The zero-order chi connectivity index (χ0) is 12.7. The molecule has 0 fully saturated rings. The number of benzene rings is 1. The highest BCUT2D eigenvalue weighted by Gasteiger charge is 2.01. The van der Waals surface area contributed by atoms with Crippen molar-refractivity contribution in [2.45, 2.75) is 26.8 Å². The zero-order valence-corrected chi connectivity index (χ0v) is 10.3.